The molecule has 4 atom stereocenters. The summed E-state index contributed by atoms with van der Waals surface area (Å²) in [5, 5.41) is 16.4. The van der Waals surface area contributed by atoms with Crippen molar-refractivity contribution in [3.63, 3.8) is 0 Å². The second-order valence-electron chi connectivity index (χ2n) is 8.71. The number of hydrogen-bond donors (Lipinski definition) is 0. The molecule has 2 fully saturated rings. The third-order valence-electron chi connectivity index (χ3n) is 6.61. The van der Waals surface area contributed by atoms with Crippen LogP contribution in [0.15, 0.2) is 53.7 Å². The number of ether oxygens (including phenoxy) is 2. The van der Waals surface area contributed by atoms with Gasteiger partial charge < -0.3 is 9.47 Å². The second kappa shape index (κ2) is 9.14. The highest BCUT2D eigenvalue weighted by molar-refractivity contribution is 6.32. The van der Waals surface area contributed by atoms with Crippen LogP contribution in [0, 0.1) is 33.8 Å². The van der Waals surface area contributed by atoms with Gasteiger partial charge >= 0.3 is 0 Å². The van der Waals surface area contributed by atoms with E-state index in [1.54, 1.807) is 24.3 Å². The van der Waals surface area contributed by atoms with E-state index in [2.05, 4.69) is 5.10 Å². The summed E-state index contributed by atoms with van der Waals surface area (Å²) in [6.07, 6.45) is 6.33. The van der Waals surface area contributed by atoms with Crippen molar-refractivity contribution in [2.24, 2.45) is 28.8 Å². The Kier molecular flexibility index (Phi) is 6.02. The monoisotopic (exact) mass is 495 g/mol. The number of imide groups is 1. The van der Waals surface area contributed by atoms with Crippen molar-refractivity contribution < 1.29 is 24.0 Å². The summed E-state index contributed by atoms with van der Waals surface area (Å²) in [7, 11) is 0. The number of non-ortho nitro benzene ring substituents is 1. The Morgan fingerprint density at radius 3 is 2.51 bits per heavy atom. The van der Waals surface area contributed by atoms with Crippen LogP contribution in [0.3, 0.4) is 0 Å². The fourth-order valence-electron chi connectivity index (χ4n) is 5.11. The van der Waals surface area contributed by atoms with Crippen LogP contribution < -0.4 is 9.47 Å². The molecule has 10 heteroatoms. The fourth-order valence-corrected chi connectivity index (χ4v) is 5.38. The van der Waals surface area contributed by atoms with E-state index in [9.17, 15) is 19.7 Å². The summed E-state index contributed by atoms with van der Waals surface area (Å²) in [4.78, 5) is 36.2. The first-order chi connectivity index (χ1) is 16.9. The van der Waals surface area contributed by atoms with Crippen LogP contribution in [0.1, 0.15) is 24.5 Å². The molecule has 0 N–H and O–H groups in total. The molecule has 2 bridgehead atoms. The Bertz CT molecular complexity index is 1250. The van der Waals surface area contributed by atoms with E-state index >= 15 is 0 Å². The van der Waals surface area contributed by atoms with Crippen molar-refractivity contribution in [2.75, 3.05) is 6.61 Å². The standard InChI is InChI=1S/C25H22ClN3O6/c1-2-34-20-10-15(9-19(26)23(20)35-13-14-4-3-5-18(8-14)29(32)33)12-27-28-24(30)21-16-6-7-17(11-16)22(21)25(28)31/h3-10,12,16-17,21-22H,2,11,13H2,1H3/t16-,17-,21-,22+/m0/s1. The quantitative estimate of drug-likeness (QED) is 0.177. The first-order valence-electron chi connectivity index (χ1n) is 11.3. The number of fused-ring (bicyclic) bond motifs is 5. The largest absolute Gasteiger partial charge is 0.490 e. The molecular formula is C25H22ClN3O6. The number of benzene rings is 2. The molecule has 3 aliphatic rings. The predicted octanol–water partition coefficient (Wildman–Crippen LogP) is 4.37. The van der Waals surface area contributed by atoms with E-state index in [4.69, 9.17) is 21.1 Å². The lowest BCUT2D eigenvalue weighted by molar-refractivity contribution is -0.384. The molecule has 35 heavy (non-hydrogen) atoms. The van der Waals surface area contributed by atoms with Crippen LogP contribution in [0.4, 0.5) is 5.69 Å². The Morgan fingerprint density at radius 1 is 1.14 bits per heavy atom. The van der Waals surface area contributed by atoms with E-state index in [0.717, 1.165) is 11.4 Å². The summed E-state index contributed by atoms with van der Waals surface area (Å²) >= 11 is 6.46. The normalized spacial score (nSPS) is 24.5. The summed E-state index contributed by atoms with van der Waals surface area (Å²) in [6, 6.07) is 9.37. The Hall–Kier alpha value is -3.72. The molecule has 2 aromatic carbocycles. The van der Waals surface area contributed by atoms with Gasteiger partial charge in [0.1, 0.15) is 6.61 Å². The van der Waals surface area contributed by atoms with E-state index < -0.39 is 4.92 Å². The highest BCUT2D eigenvalue weighted by Crippen LogP contribution is 2.52. The Labute approximate surface area is 206 Å². The van der Waals surface area contributed by atoms with Crippen molar-refractivity contribution >= 4 is 35.3 Å². The minimum absolute atomic E-state index is 0.0345. The van der Waals surface area contributed by atoms with Crippen molar-refractivity contribution in [1.82, 2.24) is 5.01 Å². The van der Waals surface area contributed by atoms with E-state index in [1.165, 1.54) is 18.3 Å². The van der Waals surface area contributed by atoms with Gasteiger partial charge in [-0.15, -0.1) is 0 Å². The molecule has 0 radical (unpaired) electrons. The molecule has 180 valence electrons. The topological polar surface area (TPSA) is 111 Å². The van der Waals surface area contributed by atoms with Gasteiger partial charge in [-0.1, -0.05) is 35.9 Å². The molecule has 1 heterocycles. The lowest BCUT2D eigenvalue weighted by atomic mass is 9.85. The SMILES string of the molecule is CCOc1cc(C=NN2C(=O)[C@@H]3[C@H](C2=O)[C@H]2C=C[C@H]3C2)cc(Cl)c1OCc1cccc([N+](=O)[O-])c1. The summed E-state index contributed by atoms with van der Waals surface area (Å²) in [6.45, 7) is 2.19. The number of carbonyl (C=O) groups excluding carboxylic acids is 2. The fraction of sp³-hybridized carbons (Fsp3) is 0.320. The maximum Gasteiger partial charge on any atom is 0.269 e. The number of carbonyl (C=O) groups is 2. The predicted molar refractivity (Wildman–Crippen MR) is 127 cm³/mol. The van der Waals surface area contributed by atoms with Gasteiger partial charge in [-0.2, -0.15) is 10.1 Å². The molecule has 1 saturated carbocycles. The van der Waals surface area contributed by atoms with Gasteiger partial charge in [-0.3, -0.25) is 19.7 Å². The summed E-state index contributed by atoms with van der Waals surface area (Å²) in [5.41, 5.74) is 1.09. The number of rotatable bonds is 8. The van der Waals surface area contributed by atoms with Crippen LogP contribution in [0.5, 0.6) is 11.5 Å². The third-order valence-corrected chi connectivity index (χ3v) is 6.89. The van der Waals surface area contributed by atoms with Gasteiger partial charge in [-0.25, -0.2) is 0 Å². The highest BCUT2D eigenvalue weighted by Gasteiger charge is 2.59. The number of halogens is 1. The molecule has 1 saturated heterocycles. The zero-order chi connectivity index (χ0) is 24.7. The number of hydrazone groups is 1. The molecule has 2 amide bonds. The van der Waals surface area contributed by atoms with Crippen molar-refractivity contribution in [3.05, 3.63) is 74.8 Å². The van der Waals surface area contributed by atoms with Crippen LogP contribution in [-0.4, -0.2) is 34.6 Å². The Morgan fingerprint density at radius 2 is 1.86 bits per heavy atom. The van der Waals surface area contributed by atoms with Crippen LogP contribution in [0.2, 0.25) is 5.02 Å². The zero-order valence-corrected chi connectivity index (χ0v) is 19.6. The lowest BCUT2D eigenvalue weighted by Gasteiger charge is -2.15. The third kappa shape index (κ3) is 4.16. The van der Waals surface area contributed by atoms with Crippen LogP contribution >= 0.6 is 11.6 Å². The molecule has 0 unspecified atom stereocenters. The summed E-state index contributed by atoms with van der Waals surface area (Å²) in [5.74, 6) is -0.301. The highest BCUT2D eigenvalue weighted by atomic mass is 35.5. The van der Waals surface area contributed by atoms with Crippen molar-refractivity contribution in [2.45, 2.75) is 20.0 Å². The average Bonchev–Trinajstić information content (AvgIpc) is 3.52. The molecule has 9 nitrogen and oxygen atoms in total. The van der Waals surface area contributed by atoms with Crippen LogP contribution in [0.25, 0.3) is 0 Å². The Balaban J connectivity index is 1.34. The van der Waals surface area contributed by atoms with E-state index in [-0.39, 0.29) is 58.6 Å². The molecule has 1 aliphatic heterocycles. The van der Waals surface area contributed by atoms with Gasteiger partial charge in [-0.05, 0) is 48.4 Å². The van der Waals surface area contributed by atoms with Gasteiger partial charge in [0.25, 0.3) is 17.5 Å². The maximum absolute atomic E-state index is 12.8. The molecule has 0 spiro atoms. The van der Waals surface area contributed by atoms with E-state index in [0.29, 0.717) is 23.5 Å². The van der Waals surface area contributed by atoms with Gasteiger partial charge in [0.2, 0.25) is 0 Å². The van der Waals surface area contributed by atoms with Gasteiger partial charge in [0.15, 0.2) is 11.5 Å². The number of nitro groups is 1. The minimum Gasteiger partial charge on any atom is -0.490 e. The molecule has 2 aliphatic carbocycles. The number of amides is 2. The van der Waals surface area contributed by atoms with Crippen molar-refractivity contribution in [3.8, 4) is 11.5 Å². The number of allylic oxidation sites excluding steroid dienone is 2. The van der Waals surface area contributed by atoms with Crippen LogP contribution in [-0.2, 0) is 16.2 Å². The average molecular weight is 496 g/mol. The van der Waals surface area contributed by atoms with Gasteiger partial charge in [0, 0.05) is 12.1 Å². The maximum atomic E-state index is 12.8. The first-order valence-corrected chi connectivity index (χ1v) is 11.7. The lowest BCUT2D eigenvalue weighted by Crippen LogP contribution is -2.28. The number of nitrogens with zero attached hydrogens (tertiary/aromatic N) is 3. The molecule has 5 rings (SSSR count). The molecule has 2 aromatic rings. The smallest absolute Gasteiger partial charge is 0.269 e. The first kappa shape index (κ1) is 23.0. The second-order valence-corrected chi connectivity index (χ2v) is 9.12. The number of nitro benzene ring substituents is 1. The van der Waals surface area contributed by atoms with Crippen molar-refractivity contribution in [1.29, 1.82) is 0 Å². The molecular weight excluding hydrogens is 474 g/mol. The summed E-state index contributed by atoms with van der Waals surface area (Å²) < 4.78 is 11.5. The van der Waals surface area contributed by atoms with Gasteiger partial charge in [0.05, 0.1) is 34.6 Å². The van der Waals surface area contributed by atoms with E-state index in [1.807, 2.05) is 19.1 Å². The minimum atomic E-state index is -0.472. The number of hydrogen-bond acceptors (Lipinski definition) is 7. The zero-order valence-electron chi connectivity index (χ0n) is 18.8. The molecule has 0 aromatic heterocycles.